The number of urea groups is 1. The summed E-state index contributed by atoms with van der Waals surface area (Å²) >= 11 is 1.98. The summed E-state index contributed by atoms with van der Waals surface area (Å²) in [5, 5.41) is 2.26. The first-order valence-electron chi connectivity index (χ1n) is 12.0. The number of hydrogen-bond acceptors (Lipinski definition) is 7. The third-order valence-corrected chi connectivity index (χ3v) is 9.37. The van der Waals surface area contributed by atoms with E-state index in [4.69, 9.17) is 5.73 Å². The Morgan fingerprint density at radius 3 is 2.24 bits per heavy atom. The second-order valence-electron chi connectivity index (χ2n) is 10.3. The van der Waals surface area contributed by atoms with Crippen molar-refractivity contribution in [3.8, 4) is 0 Å². The molecule has 38 heavy (non-hydrogen) atoms. The van der Waals surface area contributed by atoms with Gasteiger partial charge in [0.15, 0.2) is 0 Å². The maximum atomic E-state index is 13.3. The molecule has 0 spiro atoms. The van der Waals surface area contributed by atoms with Gasteiger partial charge in [0.25, 0.3) is 5.91 Å². The van der Waals surface area contributed by atoms with Gasteiger partial charge in [0.1, 0.15) is 11.8 Å². The van der Waals surface area contributed by atoms with Gasteiger partial charge in [-0.15, -0.1) is 0 Å². The van der Waals surface area contributed by atoms with Crippen molar-refractivity contribution in [2.75, 3.05) is 5.32 Å². The highest BCUT2D eigenvalue weighted by atomic mass is 32.2. The van der Waals surface area contributed by atoms with Gasteiger partial charge in [0, 0.05) is 16.5 Å². The van der Waals surface area contributed by atoms with Crippen molar-refractivity contribution in [1.82, 2.24) is 9.47 Å². The van der Waals surface area contributed by atoms with Crippen molar-refractivity contribution >= 4 is 52.5 Å². The van der Waals surface area contributed by atoms with Crippen molar-refractivity contribution in [3.05, 3.63) is 80.3 Å². The number of thiazole rings is 1. The second-order valence-corrected chi connectivity index (χ2v) is 12.4. The molecule has 2 aliphatic heterocycles. The lowest BCUT2D eigenvalue weighted by Crippen LogP contribution is -2.41. The Bertz CT molecular complexity index is 1500. The van der Waals surface area contributed by atoms with Crippen LogP contribution in [0.5, 0.6) is 0 Å². The topological polar surface area (TPSA) is 132 Å². The molecule has 2 aromatic carbocycles. The number of likely N-dealkylation sites (tertiary alicyclic amines) is 1. The van der Waals surface area contributed by atoms with Crippen molar-refractivity contribution in [1.29, 1.82) is 0 Å². The number of carbonyl (C=O) groups is 4. The van der Waals surface area contributed by atoms with Crippen molar-refractivity contribution in [3.63, 3.8) is 0 Å². The Labute approximate surface area is 227 Å². The van der Waals surface area contributed by atoms with E-state index >= 15 is 0 Å². The molecule has 0 radical (unpaired) electrons. The largest absolute Gasteiger partial charge is 0.351 e. The van der Waals surface area contributed by atoms with E-state index in [0.717, 1.165) is 34.2 Å². The Morgan fingerprint density at radius 1 is 0.974 bits per heavy atom. The van der Waals surface area contributed by atoms with E-state index in [2.05, 4.69) is 26.1 Å². The molecule has 3 unspecified atom stereocenters. The number of carbonyl (C=O) groups excluding carboxylic acids is 4. The molecule has 3 N–H and O–H groups in total. The predicted octanol–water partition coefficient (Wildman–Crippen LogP) is 3.52. The van der Waals surface area contributed by atoms with E-state index in [0.29, 0.717) is 20.5 Å². The summed E-state index contributed by atoms with van der Waals surface area (Å²) in [6.45, 7) is 6.00. The number of nitrogens with two attached hydrogens (primary N) is 1. The van der Waals surface area contributed by atoms with Gasteiger partial charge in [0.05, 0.1) is 10.9 Å². The molecule has 9 nitrogen and oxygen atoms in total. The molecule has 0 bridgehead atoms. The van der Waals surface area contributed by atoms with Crippen LogP contribution in [-0.2, 0) is 26.3 Å². The van der Waals surface area contributed by atoms with Gasteiger partial charge >= 0.3 is 10.9 Å². The number of benzene rings is 2. The second kappa shape index (κ2) is 9.55. The highest BCUT2D eigenvalue weighted by Crippen LogP contribution is 2.53. The third kappa shape index (κ3) is 4.45. The predicted molar refractivity (Wildman–Crippen MR) is 145 cm³/mol. The first kappa shape index (κ1) is 25.9. The summed E-state index contributed by atoms with van der Waals surface area (Å²) in [7, 11) is 0. The number of amides is 5. The van der Waals surface area contributed by atoms with E-state index in [9.17, 15) is 24.0 Å². The smallest absolute Gasteiger partial charge is 0.328 e. The normalized spacial score (nSPS) is 20.7. The molecule has 2 aliphatic rings. The third-order valence-electron chi connectivity index (χ3n) is 6.76. The fourth-order valence-corrected chi connectivity index (χ4v) is 7.66. The Balaban J connectivity index is 1.58. The fourth-order valence-electron chi connectivity index (χ4n) is 4.89. The highest BCUT2D eigenvalue weighted by molar-refractivity contribution is 8.00. The minimum atomic E-state index is -1.13. The summed E-state index contributed by atoms with van der Waals surface area (Å²) in [5.41, 5.74) is 7.70. The van der Waals surface area contributed by atoms with Crippen LogP contribution in [0.25, 0.3) is 0 Å². The van der Waals surface area contributed by atoms with Crippen molar-refractivity contribution in [2.24, 2.45) is 11.7 Å². The minimum Gasteiger partial charge on any atom is -0.351 e. The maximum absolute atomic E-state index is 13.3. The lowest BCUT2D eigenvalue weighted by atomic mass is 9.81. The molecule has 11 heteroatoms. The first-order chi connectivity index (χ1) is 18.0. The highest BCUT2D eigenvalue weighted by Gasteiger charge is 2.57. The molecule has 5 amide bonds. The van der Waals surface area contributed by atoms with Crippen LogP contribution in [0.4, 0.5) is 10.5 Å². The van der Waals surface area contributed by atoms with Crippen LogP contribution in [0.15, 0.2) is 64.4 Å². The molecule has 1 aromatic heterocycles. The van der Waals surface area contributed by atoms with E-state index < -0.39 is 40.8 Å². The number of imide groups is 3. The van der Waals surface area contributed by atoms with Crippen molar-refractivity contribution < 1.29 is 19.2 Å². The van der Waals surface area contributed by atoms with Gasteiger partial charge < -0.3 is 11.1 Å². The van der Waals surface area contributed by atoms with Crippen LogP contribution in [0.3, 0.4) is 0 Å². The minimum absolute atomic E-state index is 0.100. The standard InChI is InChI=1S/C27H26N4O5S2/c1-27(2,3)15-11-9-14(10-12-15)18-19-20(23(34)31(22(19)33)25(28)35)37-24-21(18)38-26(36)30(24)13-17(32)29-16-7-5-4-6-8-16/h4-12,18-20H,13H2,1-3H3,(H2,28,35)(H,29,32). The zero-order chi connectivity index (χ0) is 27.4. The van der Waals surface area contributed by atoms with Crippen LogP contribution in [0.1, 0.15) is 42.7 Å². The zero-order valence-electron chi connectivity index (χ0n) is 21.0. The number of aromatic nitrogens is 1. The molecule has 196 valence electrons. The van der Waals surface area contributed by atoms with Gasteiger partial charge in [-0.05, 0) is 28.7 Å². The molecule has 3 heterocycles. The number of rotatable bonds is 4. The maximum Gasteiger partial charge on any atom is 0.328 e. The quantitative estimate of drug-likeness (QED) is 0.478. The van der Waals surface area contributed by atoms with Crippen molar-refractivity contribution in [2.45, 2.75) is 48.9 Å². The first-order valence-corrected chi connectivity index (χ1v) is 13.7. The van der Waals surface area contributed by atoms with Crippen LogP contribution in [0, 0.1) is 5.92 Å². The number of nitrogens with zero attached hydrogens (tertiary/aromatic N) is 2. The number of fused-ring (bicyclic) bond motifs is 2. The molecule has 3 atom stereocenters. The SMILES string of the molecule is CC(C)(C)c1ccc(C2c3sc(=O)n(CC(=O)Nc4ccccc4)c3SC3C(=O)N(C(N)=O)C(=O)C32)cc1. The van der Waals surface area contributed by atoms with Crippen LogP contribution in [0.2, 0.25) is 0 Å². The van der Waals surface area contributed by atoms with Gasteiger partial charge in [-0.3, -0.25) is 23.7 Å². The van der Waals surface area contributed by atoms with E-state index in [1.54, 1.807) is 24.3 Å². The van der Waals surface area contributed by atoms with E-state index in [-0.39, 0.29) is 16.8 Å². The van der Waals surface area contributed by atoms with Crippen LogP contribution >= 0.6 is 23.1 Å². The summed E-state index contributed by atoms with van der Waals surface area (Å²) in [4.78, 5) is 65.2. The van der Waals surface area contributed by atoms with Crippen LogP contribution in [-0.4, -0.2) is 38.5 Å². The Kier molecular flexibility index (Phi) is 6.52. The molecule has 0 aliphatic carbocycles. The molecule has 1 saturated heterocycles. The summed E-state index contributed by atoms with van der Waals surface area (Å²) < 4.78 is 1.33. The number of nitrogens with one attached hydrogen (secondary N) is 1. The fraction of sp³-hybridized carbons (Fsp3) is 0.296. The van der Waals surface area contributed by atoms with E-state index in [1.807, 2.05) is 30.3 Å². The van der Waals surface area contributed by atoms with Gasteiger partial charge in [-0.25, -0.2) is 4.79 Å². The van der Waals surface area contributed by atoms with Gasteiger partial charge in [0.2, 0.25) is 11.8 Å². The van der Waals surface area contributed by atoms with E-state index in [1.165, 1.54) is 4.57 Å². The lowest BCUT2D eigenvalue weighted by Gasteiger charge is -2.31. The number of anilines is 1. The molecular formula is C27H26N4O5S2. The van der Waals surface area contributed by atoms with Crippen LogP contribution < -0.4 is 15.9 Å². The molecule has 0 saturated carbocycles. The Morgan fingerprint density at radius 2 is 1.63 bits per heavy atom. The van der Waals surface area contributed by atoms with Gasteiger partial charge in [-0.1, -0.05) is 86.3 Å². The lowest BCUT2D eigenvalue weighted by molar-refractivity contribution is -0.135. The number of para-hydroxylation sites is 1. The molecule has 5 rings (SSSR count). The summed E-state index contributed by atoms with van der Waals surface area (Å²) in [5.74, 6) is -3.34. The molecule has 1 fully saturated rings. The number of thioether (sulfide) groups is 1. The molecule has 3 aromatic rings. The monoisotopic (exact) mass is 550 g/mol. The van der Waals surface area contributed by atoms with Gasteiger partial charge in [-0.2, -0.15) is 4.90 Å². The number of hydrogen-bond donors (Lipinski definition) is 2. The number of primary amides is 1. The molecular weight excluding hydrogens is 524 g/mol. The summed E-state index contributed by atoms with van der Waals surface area (Å²) in [6.07, 6.45) is 0. The summed E-state index contributed by atoms with van der Waals surface area (Å²) in [6, 6.07) is 15.5. The average Bonchev–Trinajstić information content (AvgIpc) is 3.30. The Hall–Kier alpha value is -3.70. The zero-order valence-corrected chi connectivity index (χ0v) is 22.6. The average molecular weight is 551 g/mol.